The quantitative estimate of drug-likeness (QED) is 0.0717. The molecule has 4 rings (SSSR count). The molecule has 0 heterocycles. The molecule has 0 saturated carbocycles. The van der Waals surface area contributed by atoms with Gasteiger partial charge in [-0.1, -0.05) is 109 Å². The number of hydrogen-bond acceptors (Lipinski definition) is 8. The molecule has 0 bridgehead atoms. The SMILES string of the molecule is CCOC(=O)C[C@@H](Cc1ccc(-c2ccccc2)cc1)NC(=O)CCC(=O)O.CCOC(=O)C[C@@H](Cc1ccc(-c2ccccc2)cc1)NC(=O)OC(C)(C)C. The number of amides is 2. The number of alkyl carbamates (subject to hydrolysis) is 1. The summed E-state index contributed by atoms with van der Waals surface area (Å²) in [7, 11) is 0. The molecule has 0 aliphatic heterocycles. The number of carboxylic acid groups (broad SMARTS) is 1. The highest BCUT2D eigenvalue weighted by molar-refractivity contribution is 5.81. The summed E-state index contributed by atoms with van der Waals surface area (Å²) in [5.41, 5.74) is 5.83. The largest absolute Gasteiger partial charge is 0.481 e. The van der Waals surface area contributed by atoms with Crippen LogP contribution in [0.2, 0.25) is 0 Å². The van der Waals surface area contributed by atoms with E-state index in [9.17, 15) is 24.0 Å². The van der Waals surface area contributed by atoms with E-state index in [2.05, 4.69) is 22.8 Å². The van der Waals surface area contributed by atoms with E-state index in [1.165, 1.54) is 0 Å². The van der Waals surface area contributed by atoms with Crippen molar-refractivity contribution in [3.8, 4) is 22.3 Å². The lowest BCUT2D eigenvalue weighted by Gasteiger charge is -2.23. The number of carboxylic acids is 1. The smallest absolute Gasteiger partial charge is 0.407 e. The third-order valence-corrected chi connectivity index (χ3v) is 8.18. The lowest BCUT2D eigenvalue weighted by molar-refractivity contribution is -0.144. The van der Waals surface area contributed by atoms with Crippen molar-refractivity contribution in [3.63, 3.8) is 0 Å². The van der Waals surface area contributed by atoms with Gasteiger partial charge in [0.15, 0.2) is 0 Å². The maximum absolute atomic E-state index is 12.2. The van der Waals surface area contributed by atoms with Gasteiger partial charge in [-0.05, 0) is 80.8 Å². The number of esters is 2. The van der Waals surface area contributed by atoms with Gasteiger partial charge in [-0.25, -0.2) is 4.79 Å². The highest BCUT2D eigenvalue weighted by atomic mass is 16.6. The first-order valence-corrected chi connectivity index (χ1v) is 18.8. The molecule has 0 saturated heterocycles. The average Bonchev–Trinajstić information content (AvgIpc) is 3.15. The number of rotatable bonds is 17. The van der Waals surface area contributed by atoms with Gasteiger partial charge in [0, 0.05) is 18.5 Å². The maximum atomic E-state index is 12.2. The van der Waals surface area contributed by atoms with Crippen LogP contribution in [0.1, 0.15) is 71.4 Å². The van der Waals surface area contributed by atoms with Gasteiger partial charge in [0.2, 0.25) is 5.91 Å². The van der Waals surface area contributed by atoms with Crippen LogP contribution >= 0.6 is 0 Å². The van der Waals surface area contributed by atoms with Crippen LogP contribution in [0.3, 0.4) is 0 Å². The van der Waals surface area contributed by atoms with Crippen LogP contribution in [0, 0.1) is 0 Å². The van der Waals surface area contributed by atoms with Crippen LogP contribution in [0.15, 0.2) is 109 Å². The zero-order valence-electron chi connectivity index (χ0n) is 32.9. The number of aliphatic carboxylic acids is 1. The molecule has 0 aromatic heterocycles. The molecule has 0 aliphatic rings. The predicted molar refractivity (Wildman–Crippen MR) is 216 cm³/mol. The second-order valence-corrected chi connectivity index (χ2v) is 14.1. The van der Waals surface area contributed by atoms with Gasteiger partial charge in [0.1, 0.15) is 5.60 Å². The van der Waals surface area contributed by atoms with Crippen molar-refractivity contribution in [3.05, 3.63) is 120 Å². The van der Waals surface area contributed by atoms with E-state index in [-0.39, 0.29) is 38.3 Å². The molecule has 2 atom stereocenters. The van der Waals surface area contributed by atoms with E-state index in [4.69, 9.17) is 19.3 Å². The third kappa shape index (κ3) is 17.4. The Bertz CT molecular complexity index is 1820. The predicted octanol–water partition coefficient (Wildman–Crippen LogP) is 7.94. The normalized spacial score (nSPS) is 11.8. The van der Waals surface area contributed by atoms with E-state index in [1.807, 2.05) is 97.1 Å². The highest BCUT2D eigenvalue weighted by Crippen LogP contribution is 2.22. The zero-order chi connectivity index (χ0) is 40.9. The van der Waals surface area contributed by atoms with Crippen molar-refractivity contribution in [2.45, 2.75) is 90.8 Å². The van der Waals surface area contributed by atoms with Crippen LogP contribution in [0.4, 0.5) is 4.79 Å². The number of hydrogen-bond donors (Lipinski definition) is 3. The topological polar surface area (TPSA) is 157 Å². The Morgan fingerprint density at radius 3 is 1.34 bits per heavy atom. The summed E-state index contributed by atoms with van der Waals surface area (Å²) in [6.45, 7) is 9.46. The van der Waals surface area contributed by atoms with Crippen molar-refractivity contribution < 1.29 is 43.3 Å². The Hall–Kier alpha value is -5.97. The molecule has 0 fully saturated rings. The number of carbonyl (C=O) groups is 5. The molecule has 0 radical (unpaired) electrons. The third-order valence-electron chi connectivity index (χ3n) is 8.18. The minimum Gasteiger partial charge on any atom is -0.481 e. The first-order valence-electron chi connectivity index (χ1n) is 18.8. The molecule has 4 aromatic carbocycles. The first kappa shape index (κ1) is 44.4. The summed E-state index contributed by atoms with van der Waals surface area (Å²) in [6.07, 6.45) is 0.175. The van der Waals surface area contributed by atoms with Crippen LogP contribution in [0.25, 0.3) is 22.3 Å². The van der Waals surface area contributed by atoms with E-state index < -0.39 is 41.6 Å². The fraction of sp³-hybridized carbons (Fsp3) is 0.356. The fourth-order valence-electron chi connectivity index (χ4n) is 5.68. The van der Waals surface area contributed by atoms with Crippen molar-refractivity contribution in [2.75, 3.05) is 13.2 Å². The van der Waals surface area contributed by atoms with Gasteiger partial charge in [-0.3, -0.25) is 19.2 Å². The molecule has 0 aliphatic carbocycles. The number of nitrogens with one attached hydrogen (secondary N) is 2. The van der Waals surface area contributed by atoms with Crippen LogP contribution in [-0.2, 0) is 46.2 Å². The van der Waals surface area contributed by atoms with E-state index in [1.54, 1.807) is 34.6 Å². The van der Waals surface area contributed by atoms with Crippen molar-refractivity contribution in [1.29, 1.82) is 0 Å². The zero-order valence-corrected chi connectivity index (χ0v) is 32.9. The molecule has 11 nitrogen and oxygen atoms in total. The van der Waals surface area contributed by atoms with Gasteiger partial charge in [-0.2, -0.15) is 0 Å². The number of carbonyl (C=O) groups excluding carboxylic acids is 4. The molecule has 3 N–H and O–H groups in total. The minimum atomic E-state index is -1.03. The fourth-order valence-corrected chi connectivity index (χ4v) is 5.68. The van der Waals surface area contributed by atoms with E-state index in [0.29, 0.717) is 19.4 Å². The maximum Gasteiger partial charge on any atom is 0.407 e. The Labute approximate surface area is 329 Å². The Balaban J connectivity index is 0.000000300. The first-order chi connectivity index (χ1) is 26.7. The molecule has 11 heteroatoms. The molecule has 2 amide bonds. The molecule has 298 valence electrons. The van der Waals surface area contributed by atoms with Gasteiger partial charge >= 0.3 is 24.0 Å². The molecule has 0 spiro atoms. The molecular formula is C45H54N2O9. The van der Waals surface area contributed by atoms with Gasteiger partial charge in [0.05, 0.1) is 32.5 Å². The van der Waals surface area contributed by atoms with Gasteiger partial charge in [0.25, 0.3) is 0 Å². The lowest BCUT2D eigenvalue weighted by Crippen LogP contribution is -2.41. The Morgan fingerprint density at radius 1 is 0.571 bits per heavy atom. The highest BCUT2D eigenvalue weighted by Gasteiger charge is 2.23. The van der Waals surface area contributed by atoms with Crippen molar-refractivity contribution >= 4 is 29.9 Å². The summed E-state index contributed by atoms with van der Waals surface area (Å²) in [5.74, 6) is -2.16. The molecule has 4 aromatic rings. The second-order valence-electron chi connectivity index (χ2n) is 14.1. The summed E-state index contributed by atoms with van der Waals surface area (Å²) < 4.78 is 15.3. The Morgan fingerprint density at radius 2 is 0.964 bits per heavy atom. The van der Waals surface area contributed by atoms with Crippen molar-refractivity contribution in [2.24, 2.45) is 0 Å². The summed E-state index contributed by atoms with van der Waals surface area (Å²) in [4.78, 5) is 58.6. The van der Waals surface area contributed by atoms with E-state index >= 15 is 0 Å². The second kappa shape index (κ2) is 23.1. The standard InChI is InChI=1S/C23H29NO4.C22H25NO5/c1-5-27-21(25)16-20(24-22(26)28-23(2,3)4)15-17-11-13-19(14-12-17)18-9-7-6-8-10-18;1-2-28-22(27)15-19(23-20(24)12-13-21(25)26)14-16-8-10-18(11-9-16)17-6-4-3-5-7-17/h6-14,20H,5,15-16H2,1-4H3,(H,24,26);3-11,19H,2,12-15H2,1H3,(H,23,24)(H,25,26)/t20-;19-/m11/s1. The van der Waals surface area contributed by atoms with Gasteiger partial charge in [-0.15, -0.1) is 0 Å². The number of benzene rings is 4. The average molecular weight is 767 g/mol. The van der Waals surface area contributed by atoms with Crippen LogP contribution in [-0.4, -0.2) is 65.9 Å². The monoisotopic (exact) mass is 766 g/mol. The van der Waals surface area contributed by atoms with Crippen molar-refractivity contribution in [1.82, 2.24) is 10.6 Å². The number of ether oxygens (including phenoxy) is 3. The molecule has 0 unspecified atom stereocenters. The summed E-state index contributed by atoms with van der Waals surface area (Å²) >= 11 is 0. The summed E-state index contributed by atoms with van der Waals surface area (Å²) in [6, 6.07) is 35.2. The molecule has 56 heavy (non-hydrogen) atoms. The Kier molecular flexibility index (Phi) is 18.3. The minimum absolute atomic E-state index is 0.0348. The van der Waals surface area contributed by atoms with Crippen LogP contribution in [0.5, 0.6) is 0 Å². The van der Waals surface area contributed by atoms with E-state index in [0.717, 1.165) is 33.4 Å². The molecular weight excluding hydrogens is 712 g/mol. The van der Waals surface area contributed by atoms with Crippen LogP contribution < -0.4 is 10.6 Å². The van der Waals surface area contributed by atoms with Gasteiger partial charge < -0.3 is 30.0 Å². The summed E-state index contributed by atoms with van der Waals surface area (Å²) in [5, 5.41) is 14.3. The lowest BCUT2D eigenvalue weighted by atomic mass is 9.99.